The number of aliphatic carboxylic acids is 1. The van der Waals surface area contributed by atoms with Crippen LogP contribution in [-0.4, -0.2) is 77.3 Å². The first-order valence-electron chi connectivity index (χ1n) is 7.94. The maximum atomic E-state index is 12.2. The summed E-state index contributed by atoms with van der Waals surface area (Å²) in [6, 6.07) is 7.25. The number of benzene rings is 1. The zero-order valence-corrected chi connectivity index (χ0v) is 14.0. The van der Waals surface area contributed by atoms with Crippen LogP contribution < -0.4 is 4.74 Å². The summed E-state index contributed by atoms with van der Waals surface area (Å²) in [6.07, 6.45) is -0.522. The number of carbonyl (C=O) groups excluding carboxylic acids is 1. The summed E-state index contributed by atoms with van der Waals surface area (Å²) in [4.78, 5) is 26.1. The minimum atomic E-state index is -0.957. The Hall–Kier alpha value is -2.12. The molecule has 2 N–H and O–H groups in total. The van der Waals surface area contributed by atoms with E-state index in [-0.39, 0.29) is 38.1 Å². The van der Waals surface area contributed by atoms with E-state index in [9.17, 15) is 14.7 Å². The standard InChI is InChI=1S/C17H24N2O5/c1-12-4-3-5-13(8-12)24-7-6-16(21)19-9-14(15(20)10-19)18(2)11-17(22)23/h3-5,8,14-15,20H,6-7,9-11H2,1-2H3,(H,22,23)/t14?,15-/m1/s1. The van der Waals surface area contributed by atoms with E-state index in [1.54, 1.807) is 16.8 Å². The lowest BCUT2D eigenvalue weighted by Crippen LogP contribution is -2.43. The van der Waals surface area contributed by atoms with Gasteiger partial charge < -0.3 is 19.8 Å². The number of aryl methyl sites for hydroxylation is 1. The highest BCUT2D eigenvalue weighted by molar-refractivity contribution is 5.77. The fourth-order valence-electron chi connectivity index (χ4n) is 2.86. The normalized spacial score (nSPS) is 20.4. The van der Waals surface area contributed by atoms with Gasteiger partial charge in [0.25, 0.3) is 0 Å². The predicted octanol–water partition coefficient (Wildman–Crippen LogP) is 0.352. The number of hydrogen-bond acceptors (Lipinski definition) is 5. The number of ether oxygens (including phenoxy) is 1. The summed E-state index contributed by atoms with van der Waals surface area (Å²) in [7, 11) is 1.64. The summed E-state index contributed by atoms with van der Waals surface area (Å²) in [6.45, 7) is 2.62. The van der Waals surface area contributed by atoms with Gasteiger partial charge in [0.2, 0.25) is 5.91 Å². The van der Waals surface area contributed by atoms with Crippen LogP contribution >= 0.6 is 0 Å². The van der Waals surface area contributed by atoms with Crippen molar-refractivity contribution in [1.82, 2.24) is 9.80 Å². The third kappa shape index (κ3) is 4.94. The first-order valence-corrected chi connectivity index (χ1v) is 7.94. The van der Waals surface area contributed by atoms with Crippen molar-refractivity contribution in [3.8, 4) is 5.75 Å². The number of β-amino-alcohol motifs (C(OH)–C–C–N with tert-alkyl or cyclic N) is 1. The predicted molar refractivity (Wildman–Crippen MR) is 87.9 cm³/mol. The fourth-order valence-corrected chi connectivity index (χ4v) is 2.86. The second kappa shape index (κ2) is 8.12. The number of likely N-dealkylation sites (N-methyl/N-ethyl adjacent to an activating group) is 1. The summed E-state index contributed by atoms with van der Waals surface area (Å²) >= 11 is 0. The van der Waals surface area contributed by atoms with Gasteiger partial charge in [-0.05, 0) is 31.7 Å². The molecule has 1 saturated heterocycles. The van der Waals surface area contributed by atoms with E-state index in [0.717, 1.165) is 11.3 Å². The quantitative estimate of drug-likeness (QED) is 0.747. The van der Waals surface area contributed by atoms with Crippen LogP contribution in [0.15, 0.2) is 24.3 Å². The van der Waals surface area contributed by atoms with E-state index in [1.165, 1.54) is 0 Å². The van der Waals surface area contributed by atoms with Crippen molar-refractivity contribution in [1.29, 1.82) is 0 Å². The maximum absolute atomic E-state index is 12.2. The van der Waals surface area contributed by atoms with E-state index < -0.39 is 12.1 Å². The van der Waals surface area contributed by atoms with Crippen LogP contribution in [0, 0.1) is 6.92 Å². The number of likely N-dealkylation sites (tertiary alicyclic amines) is 1. The Morgan fingerprint density at radius 2 is 2.12 bits per heavy atom. The summed E-state index contributed by atoms with van der Waals surface area (Å²) in [5.74, 6) is -0.336. The molecule has 0 bridgehead atoms. The number of carboxylic acids is 1. The molecule has 0 radical (unpaired) electrons. The van der Waals surface area contributed by atoms with Crippen LogP contribution in [-0.2, 0) is 9.59 Å². The lowest BCUT2D eigenvalue weighted by Gasteiger charge is -2.24. The Labute approximate surface area is 141 Å². The van der Waals surface area contributed by atoms with Crippen molar-refractivity contribution in [3.63, 3.8) is 0 Å². The maximum Gasteiger partial charge on any atom is 0.317 e. The molecule has 1 aliphatic heterocycles. The van der Waals surface area contributed by atoms with E-state index in [2.05, 4.69) is 0 Å². The molecule has 132 valence electrons. The highest BCUT2D eigenvalue weighted by atomic mass is 16.5. The van der Waals surface area contributed by atoms with Gasteiger partial charge in [-0.25, -0.2) is 0 Å². The van der Waals surface area contributed by atoms with Crippen LogP contribution in [0.1, 0.15) is 12.0 Å². The molecule has 1 unspecified atom stereocenters. The molecule has 0 aromatic heterocycles. The summed E-state index contributed by atoms with van der Waals surface area (Å²) in [5.41, 5.74) is 1.09. The van der Waals surface area contributed by atoms with E-state index >= 15 is 0 Å². The van der Waals surface area contributed by atoms with Crippen molar-refractivity contribution in [2.24, 2.45) is 0 Å². The van der Waals surface area contributed by atoms with E-state index in [0.29, 0.717) is 6.54 Å². The molecule has 0 saturated carbocycles. The molecule has 0 aliphatic carbocycles. The molecule has 0 spiro atoms. The van der Waals surface area contributed by atoms with Gasteiger partial charge in [-0.3, -0.25) is 14.5 Å². The van der Waals surface area contributed by atoms with Crippen molar-refractivity contribution >= 4 is 11.9 Å². The van der Waals surface area contributed by atoms with Crippen LogP contribution in [0.2, 0.25) is 0 Å². The molecule has 1 aliphatic rings. The second-order valence-corrected chi connectivity index (χ2v) is 6.16. The largest absolute Gasteiger partial charge is 0.493 e. The summed E-state index contributed by atoms with van der Waals surface area (Å²) in [5, 5.41) is 18.9. The monoisotopic (exact) mass is 336 g/mol. The zero-order chi connectivity index (χ0) is 17.7. The minimum absolute atomic E-state index is 0.104. The average Bonchev–Trinajstić information content (AvgIpc) is 2.89. The Morgan fingerprint density at radius 1 is 1.38 bits per heavy atom. The number of nitrogens with zero attached hydrogens (tertiary/aromatic N) is 2. The lowest BCUT2D eigenvalue weighted by atomic mass is 10.2. The van der Waals surface area contributed by atoms with Gasteiger partial charge in [0.15, 0.2) is 0 Å². The van der Waals surface area contributed by atoms with Crippen LogP contribution in [0.25, 0.3) is 0 Å². The molecule has 2 rings (SSSR count). The topological polar surface area (TPSA) is 90.3 Å². The van der Waals surface area contributed by atoms with Crippen molar-refractivity contribution in [2.75, 3.05) is 33.3 Å². The number of amides is 1. The molecule has 1 aromatic carbocycles. The Bertz CT molecular complexity index is 592. The number of carboxylic acid groups (broad SMARTS) is 1. The molecule has 1 aromatic rings. The number of hydrogen-bond donors (Lipinski definition) is 2. The molecule has 24 heavy (non-hydrogen) atoms. The van der Waals surface area contributed by atoms with Gasteiger partial charge in [0, 0.05) is 13.1 Å². The van der Waals surface area contributed by atoms with Gasteiger partial charge in [-0.2, -0.15) is 0 Å². The van der Waals surface area contributed by atoms with Gasteiger partial charge in [0.1, 0.15) is 5.75 Å². The number of carbonyl (C=O) groups is 2. The third-order valence-corrected chi connectivity index (χ3v) is 4.14. The summed E-state index contributed by atoms with van der Waals surface area (Å²) < 4.78 is 5.57. The van der Waals surface area contributed by atoms with E-state index in [1.807, 2.05) is 31.2 Å². The highest BCUT2D eigenvalue weighted by Crippen LogP contribution is 2.17. The van der Waals surface area contributed by atoms with Gasteiger partial charge in [0.05, 0.1) is 31.7 Å². The lowest BCUT2D eigenvalue weighted by molar-refractivity contribution is -0.138. The Morgan fingerprint density at radius 3 is 2.79 bits per heavy atom. The highest BCUT2D eigenvalue weighted by Gasteiger charge is 2.36. The molecule has 1 fully saturated rings. The van der Waals surface area contributed by atoms with Crippen molar-refractivity contribution < 1.29 is 24.5 Å². The third-order valence-electron chi connectivity index (χ3n) is 4.14. The molecular formula is C17H24N2O5. The molecular weight excluding hydrogens is 312 g/mol. The molecule has 2 atom stereocenters. The molecule has 1 heterocycles. The first-order chi connectivity index (χ1) is 11.4. The average molecular weight is 336 g/mol. The van der Waals surface area contributed by atoms with E-state index in [4.69, 9.17) is 9.84 Å². The van der Waals surface area contributed by atoms with Crippen LogP contribution in [0.5, 0.6) is 5.75 Å². The Balaban J connectivity index is 1.79. The SMILES string of the molecule is Cc1cccc(OCCC(=O)N2CC(N(C)CC(=O)O)[C@H](O)C2)c1. The Kier molecular flexibility index (Phi) is 6.16. The van der Waals surface area contributed by atoms with Crippen LogP contribution in [0.4, 0.5) is 0 Å². The van der Waals surface area contributed by atoms with Crippen molar-refractivity contribution in [2.45, 2.75) is 25.5 Å². The van der Waals surface area contributed by atoms with Gasteiger partial charge in [-0.1, -0.05) is 12.1 Å². The first kappa shape index (κ1) is 18.2. The molecule has 7 nitrogen and oxygen atoms in total. The zero-order valence-electron chi connectivity index (χ0n) is 14.0. The smallest absolute Gasteiger partial charge is 0.317 e. The van der Waals surface area contributed by atoms with Gasteiger partial charge >= 0.3 is 5.97 Å². The van der Waals surface area contributed by atoms with Crippen molar-refractivity contribution in [3.05, 3.63) is 29.8 Å². The minimum Gasteiger partial charge on any atom is -0.493 e. The number of aliphatic hydroxyl groups excluding tert-OH is 1. The fraction of sp³-hybridized carbons (Fsp3) is 0.529. The number of aliphatic hydroxyl groups is 1. The van der Waals surface area contributed by atoms with Crippen LogP contribution in [0.3, 0.4) is 0 Å². The second-order valence-electron chi connectivity index (χ2n) is 6.16. The van der Waals surface area contributed by atoms with Gasteiger partial charge in [-0.15, -0.1) is 0 Å². The molecule has 7 heteroatoms. The number of rotatable bonds is 7. The molecule has 1 amide bonds.